The van der Waals surface area contributed by atoms with Gasteiger partial charge in [-0.2, -0.15) is 13.2 Å². The van der Waals surface area contributed by atoms with Crippen LogP contribution in [0.3, 0.4) is 0 Å². The molecule has 0 aliphatic heterocycles. The molecule has 2 aromatic carbocycles. The van der Waals surface area contributed by atoms with E-state index >= 15 is 0 Å². The van der Waals surface area contributed by atoms with E-state index in [0.717, 1.165) is 23.3 Å². The molecule has 2 aromatic rings. The molecule has 0 spiro atoms. The molecule has 0 heterocycles. The van der Waals surface area contributed by atoms with E-state index in [1.165, 1.54) is 12.1 Å². The van der Waals surface area contributed by atoms with Crippen molar-refractivity contribution in [1.29, 1.82) is 0 Å². The summed E-state index contributed by atoms with van der Waals surface area (Å²) in [6, 6.07) is 9.39. The number of amides is 2. The summed E-state index contributed by atoms with van der Waals surface area (Å²) < 4.78 is 37.4. The summed E-state index contributed by atoms with van der Waals surface area (Å²) in [7, 11) is 0. The minimum atomic E-state index is -4.39. The zero-order valence-corrected chi connectivity index (χ0v) is 12.1. The van der Waals surface area contributed by atoms with Gasteiger partial charge in [0.05, 0.1) is 5.56 Å². The molecule has 3 nitrogen and oxygen atoms in total. The fourth-order valence-corrected chi connectivity index (χ4v) is 1.90. The number of hydrogen-bond acceptors (Lipinski definition) is 1. The summed E-state index contributed by atoms with van der Waals surface area (Å²) in [6.07, 6.45) is -4.39. The molecular formula is C16H15F3N2O. The molecule has 0 atom stereocenters. The molecule has 0 aliphatic carbocycles. The Hall–Kier alpha value is -2.50. The standard InChI is InChI=1S/C16H15F3N2O/c1-10-3-4-11(2)14(9-10)21-15(22)20-13-7-5-12(6-8-13)16(17,18)19/h3-9H,1-2H3,(H2,20,21,22). The highest BCUT2D eigenvalue weighted by Crippen LogP contribution is 2.29. The molecule has 0 unspecified atom stereocenters. The van der Waals surface area contributed by atoms with Crippen LogP contribution in [0, 0.1) is 13.8 Å². The lowest BCUT2D eigenvalue weighted by atomic mass is 10.1. The molecule has 0 aliphatic rings. The van der Waals surface area contributed by atoms with Crippen molar-refractivity contribution in [2.24, 2.45) is 0 Å². The van der Waals surface area contributed by atoms with Crippen LogP contribution in [0.25, 0.3) is 0 Å². The van der Waals surface area contributed by atoms with Gasteiger partial charge in [-0.3, -0.25) is 0 Å². The zero-order valence-electron chi connectivity index (χ0n) is 12.1. The van der Waals surface area contributed by atoms with Gasteiger partial charge in [-0.1, -0.05) is 12.1 Å². The second-order valence-electron chi connectivity index (χ2n) is 4.97. The summed E-state index contributed by atoms with van der Waals surface area (Å²) in [5.41, 5.74) is 2.08. The Bertz CT molecular complexity index is 679. The minimum Gasteiger partial charge on any atom is -0.308 e. The summed E-state index contributed by atoms with van der Waals surface area (Å²) in [6.45, 7) is 3.76. The average molecular weight is 308 g/mol. The molecule has 0 aromatic heterocycles. The van der Waals surface area contributed by atoms with Crippen LogP contribution in [0.5, 0.6) is 0 Å². The van der Waals surface area contributed by atoms with E-state index in [9.17, 15) is 18.0 Å². The van der Waals surface area contributed by atoms with Crippen LogP contribution < -0.4 is 10.6 Å². The van der Waals surface area contributed by atoms with E-state index in [-0.39, 0.29) is 5.69 Å². The first kappa shape index (κ1) is 15.9. The average Bonchev–Trinajstić information content (AvgIpc) is 2.42. The van der Waals surface area contributed by atoms with Crippen molar-refractivity contribution in [3.8, 4) is 0 Å². The first-order valence-electron chi connectivity index (χ1n) is 6.58. The Balaban J connectivity index is 2.04. The molecule has 0 fully saturated rings. The fraction of sp³-hybridized carbons (Fsp3) is 0.188. The van der Waals surface area contributed by atoms with Crippen molar-refractivity contribution in [3.63, 3.8) is 0 Å². The number of nitrogens with one attached hydrogen (secondary N) is 2. The molecule has 0 saturated heterocycles. The molecule has 2 amide bonds. The minimum absolute atomic E-state index is 0.288. The molecule has 22 heavy (non-hydrogen) atoms. The van der Waals surface area contributed by atoms with Gasteiger partial charge in [0.1, 0.15) is 0 Å². The predicted octanol–water partition coefficient (Wildman–Crippen LogP) is 4.97. The molecular weight excluding hydrogens is 293 g/mol. The summed E-state index contributed by atoms with van der Waals surface area (Å²) >= 11 is 0. The maximum atomic E-state index is 12.5. The van der Waals surface area contributed by atoms with Gasteiger partial charge in [-0.05, 0) is 55.3 Å². The highest BCUT2D eigenvalue weighted by Gasteiger charge is 2.29. The van der Waals surface area contributed by atoms with Crippen LogP contribution in [0.15, 0.2) is 42.5 Å². The van der Waals surface area contributed by atoms with Crippen molar-refractivity contribution in [2.45, 2.75) is 20.0 Å². The summed E-state index contributed by atoms with van der Waals surface area (Å²) in [5, 5.41) is 5.17. The molecule has 2 rings (SSSR count). The first-order valence-corrected chi connectivity index (χ1v) is 6.58. The van der Waals surface area contributed by atoms with Crippen LogP contribution in [0.1, 0.15) is 16.7 Å². The number of benzene rings is 2. The van der Waals surface area contributed by atoms with Gasteiger partial charge >= 0.3 is 12.2 Å². The number of carbonyl (C=O) groups excluding carboxylic acids is 1. The van der Waals surface area contributed by atoms with Gasteiger partial charge in [-0.25, -0.2) is 4.79 Å². The topological polar surface area (TPSA) is 41.1 Å². The SMILES string of the molecule is Cc1ccc(C)c(NC(=O)Nc2ccc(C(F)(F)F)cc2)c1. The number of aryl methyl sites for hydroxylation is 2. The Morgan fingerprint density at radius 2 is 1.59 bits per heavy atom. The van der Waals surface area contributed by atoms with Crippen molar-refractivity contribution in [2.75, 3.05) is 10.6 Å². The van der Waals surface area contributed by atoms with E-state index < -0.39 is 17.8 Å². The van der Waals surface area contributed by atoms with Crippen molar-refractivity contribution < 1.29 is 18.0 Å². The fourth-order valence-electron chi connectivity index (χ4n) is 1.90. The van der Waals surface area contributed by atoms with Gasteiger partial charge in [-0.15, -0.1) is 0 Å². The van der Waals surface area contributed by atoms with Crippen LogP contribution >= 0.6 is 0 Å². The lowest BCUT2D eigenvalue weighted by Crippen LogP contribution is -2.20. The number of rotatable bonds is 2. The van der Waals surface area contributed by atoms with E-state index in [0.29, 0.717) is 5.69 Å². The van der Waals surface area contributed by atoms with Crippen LogP contribution in [-0.4, -0.2) is 6.03 Å². The third-order valence-electron chi connectivity index (χ3n) is 3.11. The maximum Gasteiger partial charge on any atom is 0.416 e. The monoisotopic (exact) mass is 308 g/mol. The third-order valence-corrected chi connectivity index (χ3v) is 3.11. The van der Waals surface area contributed by atoms with Crippen molar-refractivity contribution in [1.82, 2.24) is 0 Å². The summed E-state index contributed by atoms with van der Waals surface area (Å²) in [5.74, 6) is 0. The van der Waals surface area contributed by atoms with Crippen molar-refractivity contribution >= 4 is 17.4 Å². The highest BCUT2D eigenvalue weighted by molar-refractivity contribution is 6.00. The maximum absolute atomic E-state index is 12.5. The number of halogens is 3. The van der Waals surface area contributed by atoms with Gasteiger partial charge < -0.3 is 10.6 Å². The smallest absolute Gasteiger partial charge is 0.308 e. The predicted molar refractivity (Wildman–Crippen MR) is 80.0 cm³/mol. The second-order valence-corrected chi connectivity index (χ2v) is 4.97. The number of urea groups is 1. The normalized spacial score (nSPS) is 11.1. The van der Waals surface area contributed by atoms with Gasteiger partial charge in [0.2, 0.25) is 0 Å². The Labute approximate surface area is 126 Å². The molecule has 116 valence electrons. The van der Waals surface area contributed by atoms with Crippen LogP contribution in [0.2, 0.25) is 0 Å². The lowest BCUT2D eigenvalue weighted by molar-refractivity contribution is -0.137. The molecule has 2 N–H and O–H groups in total. The highest BCUT2D eigenvalue weighted by atomic mass is 19.4. The van der Waals surface area contributed by atoms with E-state index in [4.69, 9.17) is 0 Å². The first-order chi connectivity index (χ1) is 10.3. The van der Waals surface area contributed by atoms with Crippen molar-refractivity contribution in [3.05, 3.63) is 59.2 Å². The number of hydrogen-bond donors (Lipinski definition) is 2. The Morgan fingerprint density at radius 1 is 0.955 bits per heavy atom. The Morgan fingerprint density at radius 3 is 2.18 bits per heavy atom. The number of anilines is 2. The molecule has 0 saturated carbocycles. The van der Waals surface area contributed by atoms with Crippen LogP contribution in [0.4, 0.5) is 29.3 Å². The number of carbonyl (C=O) groups is 1. The number of alkyl halides is 3. The van der Waals surface area contributed by atoms with Gasteiger partial charge in [0, 0.05) is 11.4 Å². The zero-order chi connectivity index (χ0) is 16.3. The van der Waals surface area contributed by atoms with E-state index in [1.54, 1.807) is 0 Å². The third kappa shape index (κ3) is 4.00. The van der Waals surface area contributed by atoms with Gasteiger partial charge in [0.25, 0.3) is 0 Å². The van der Waals surface area contributed by atoms with Crippen LogP contribution in [-0.2, 0) is 6.18 Å². The lowest BCUT2D eigenvalue weighted by Gasteiger charge is -2.11. The largest absolute Gasteiger partial charge is 0.416 e. The van der Waals surface area contributed by atoms with E-state index in [1.807, 2.05) is 32.0 Å². The molecule has 0 bridgehead atoms. The Kier molecular flexibility index (Phi) is 4.40. The van der Waals surface area contributed by atoms with E-state index in [2.05, 4.69) is 10.6 Å². The van der Waals surface area contributed by atoms with Gasteiger partial charge in [0.15, 0.2) is 0 Å². The molecule has 0 radical (unpaired) electrons. The second kappa shape index (κ2) is 6.09. The summed E-state index contributed by atoms with van der Waals surface area (Å²) in [4.78, 5) is 11.9. The quantitative estimate of drug-likeness (QED) is 0.808. The molecule has 6 heteroatoms.